The number of hydrogen-bond donors (Lipinski definition) is 1. The topological polar surface area (TPSA) is 30.5 Å². The van der Waals surface area contributed by atoms with Crippen molar-refractivity contribution in [3.63, 3.8) is 0 Å². The van der Waals surface area contributed by atoms with Crippen molar-refractivity contribution < 1.29 is 9.47 Å². The maximum absolute atomic E-state index is 5.45. The molecule has 4 heteroatoms. The van der Waals surface area contributed by atoms with Crippen LogP contribution in [0, 0.1) is 12.8 Å². The Labute approximate surface area is 117 Å². The van der Waals surface area contributed by atoms with Crippen molar-refractivity contribution in [1.29, 1.82) is 0 Å². The molecule has 1 aromatic rings. The molecule has 1 saturated heterocycles. The van der Waals surface area contributed by atoms with Gasteiger partial charge in [0.15, 0.2) is 0 Å². The van der Waals surface area contributed by atoms with Gasteiger partial charge in [0.25, 0.3) is 0 Å². The first-order chi connectivity index (χ1) is 8.61. The van der Waals surface area contributed by atoms with Gasteiger partial charge in [0.05, 0.1) is 19.4 Å². The Morgan fingerprint density at radius 1 is 1.50 bits per heavy atom. The summed E-state index contributed by atoms with van der Waals surface area (Å²) in [5, 5.41) is 3.57. The van der Waals surface area contributed by atoms with Gasteiger partial charge < -0.3 is 14.8 Å². The highest BCUT2D eigenvalue weighted by Gasteiger charge is 2.23. The molecule has 1 N–H and O–H groups in total. The van der Waals surface area contributed by atoms with Gasteiger partial charge in [-0.15, -0.1) is 0 Å². The van der Waals surface area contributed by atoms with E-state index in [0.717, 1.165) is 35.5 Å². The molecule has 0 bridgehead atoms. The predicted molar refractivity (Wildman–Crippen MR) is 77.4 cm³/mol. The fourth-order valence-electron chi connectivity index (χ4n) is 2.35. The largest absolute Gasteiger partial charge is 0.495 e. The minimum Gasteiger partial charge on any atom is -0.495 e. The minimum atomic E-state index is 0.390. The highest BCUT2D eigenvalue weighted by Crippen LogP contribution is 2.33. The van der Waals surface area contributed by atoms with Crippen LogP contribution in [0.5, 0.6) is 5.75 Å². The van der Waals surface area contributed by atoms with Gasteiger partial charge in [-0.25, -0.2) is 0 Å². The molecule has 18 heavy (non-hydrogen) atoms. The summed E-state index contributed by atoms with van der Waals surface area (Å²) in [6, 6.07) is 4.48. The van der Waals surface area contributed by atoms with Crippen molar-refractivity contribution in [2.24, 2.45) is 5.92 Å². The smallest absolute Gasteiger partial charge is 0.143 e. The third-order valence-electron chi connectivity index (χ3n) is 3.53. The van der Waals surface area contributed by atoms with Crippen molar-refractivity contribution in [3.05, 3.63) is 22.2 Å². The average molecular weight is 314 g/mol. The van der Waals surface area contributed by atoms with Gasteiger partial charge >= 0.3 is 0 Å². The third kappa shape index (κ3) is 2.98. The molecular weight excluding hydrogens is 294 g/mol. The molecule has 2 unspecified atom stereocenters. The first-order valence-electron chi connectivity index (χ1n) is 6.30. The monoisotopic (exact) mass is 313 g/mol. The van der Waals surface area contributed by atoms with Crippen LogP contribution in [0.2, 0.25) is 0 Å². The van der Waals surface area contributed by atoms with Crippen LogP contribution in [0.25, 0.3) is 0 Å². The van der Waals surface area contributed by atoms with Gasteiger partial charge in [-0.3, -0.25) is 0 Å². The SMILES string of the molecule is COc1cc(Br)cc(C)c1NC(C)C1CCOC1. The number of anilines is 1. The van der Waals surface area contributed by atoms with Crippen molar-refractivity contribution in [2.75, 3.05) is 25.6 Å². The van der Waals surface area contributed by atoms with Crippen LogP contribution in [-0.4, -0.2) is 26.4 Å². The molecule has 1 aromatic carbocycles. The molecule has 1 aliphatic rings. The molecule has 100 valence electrons. The molecule has 1 aliphatic heterocycles. The highest BCUT2D eigenvalue weighted by molar-refractivity contribution is 9.10. The lowest BCUT2D eigenvalue weighted by Gasteiger charge is -2.23. The third-order valence-corrected chi connectivity index (χ3v) is 3.99. The minimum absolute atomic E-state index is 0.390. The summed E-state index contributed by atoms with van der Waals surface area (Å²) >= 11 is 3.49. The highest BCUT2D eigenvalue weighted by atomic mass is 79.9. The Balaban J connectivity index is 2.17. The van der Waals surface area contributed by atoms with E-state index in [-0.39, 0.29) is 0 Å². The molecule has 0 aliphatic carbocycles. The van der Waals surface area contributed by atoms with Crippen LogP contribution in [0.3, 0.4) is 0 Å². The molecule has 0 saturated carbocycles. The summed E-state index contributed by atoms with van der Waals surface area (Å²) in [6.07, 6.45) is 1.13. The van der Waals surface area contributed by atoms with Gasteiger partial charge in [-0.05, 0) is 38.0 Å². The number of aryl methyl sites for hydroxylation is 1. The lowest BCUT2D eigenvalue weighted by atomic mass is 10.00. The van der Waals surface area contributed by atoms with Gasteiger partial charge in [-0.1, -0.05) is 15.9 Å². The molecule has 0 radical (unpaired) electrons. The number of hydrogen-bond acceptors (Lipinski definition) is 3. The first-order valence-corrected chi connectivity index (χ1v) is 7.09. The number of rotatable bonds is 4. The summed E-state index contributed by atoms with van der Waals surface area (Å²) in [5.74, 6) is 1.46. The Morgan fingerprint density at radius 3 is 2.89 bits per heavy atom. The van der Waals surface area contributed by atoms with E-state index in [4.69, 9.17) is 9.47 Å². The first kappa shape index (κ1) is 13.7. The van der Waals surface area contributed by atoms with E-state index >= 15 is 0 Å². The number of methoxy groups -OCH3 is 1. The molecule has 0 amide bonds. The zero-order valence-corrected chi connectivity index (χ0v) is 12.7. The van der Waals surface area contributed by atoms with E-state index in [2.05, 4.69) is 41.2 Å². The Kier molecular flexibility index (Phi) is 4.51. The van der Waals surface area contributed by atoms with E-state index in [1.165, 1.54) is 5.56 Å². The van der Waals surface area contributed by atoms with E-state index in [1.807, 2.05) is 6.07 Å². The van der Waals surface area contributed by atoms with Gasteiger partial charge in [0.2, 0.25) is 0 Å². The lowest BCUT2D eigenvalue weighted by Crippen LogP contribution is -2.26. The van der Waals surface area contributed by atoms with E-state index < -0.39 is 0 Å². The average Bonchev–Trinajstić information content (AvgIpc) is 2.85. The molecule has 1 heterocycles. The van der Waals surface area contributed by atoms with Gasteiger partial charge in [0, 0.05) is 23.0 Å². The number of benzene rings is 1. The standard InChI is InChI=1S/C14H20BrNO2/c1-9-6-12(15)7-13(17-3)14(9)16-10(2)11-4-5-18-8-11/h6-7,10-11,16H,4-5,8H2,1-3H3. The van der Waals surface area contributed by atoms with Crippen molar-refractivity contribution in [1.82, 2.24) is 0 Å². The quantitative estimate of drug-likeness (QED) is 0.921. The zero-order valence-electron chi connectivity index (χ0n) is 11.1. The van der Waals surface area contributed by atoms with Gasteiger partial charge in [0.1, 0.15) is 5.75 Å². The van der Waals surface area contributed by atoms with Gasteiger partial charge in [-0.2, -0.15) is 0 Å². The van der Waals surface area contributed by atoms with Crippen molar-refractivity contribution in [2.45, 2.75) is 26.3 Å². The predicted octanol–water partition coefficient (Wildman–Crippen LogP) is 3.60. The number of halogens is 1. The fraction of sp³-hybridized carbons (Fsp3) is 0.571. The molecule has 0 aromatic heterocycles. The molecule has 2 rings (SSSR count). The van der Waals surface area contributed by atoms with Crippen LogP contribution >= 0.6 is 15.9 Å². The normalized spacial score (nSPS) is 20.8. The maximum atomic E-state index is 5.45. The second kappa shape index (κ2) is 5.93. The van der Waals surface area contributed by atoms with Crippen molar-refractivity contribution in [3.8, 4) is 5.75 Å². The summed E-state index contributed by atoms with van der Waals surface area (Å²) in [4.78, 5) is 0. The molecule has 2 atom stereocenters. The molecule has 3 nitrogen and oxygen atoms in total. The second-order valence-corrected chi connectivity index (χ2v) is 5.77. The molecule has 1 fully saturated rings. The van der Waals surface area contributed by atoms with E-state index in [0.29, 0.717) is 12.0 Å². The Morgan fingerprint density at radius 2 is 2.28 bits per heavy atom. The van der Waals surface area contributed by atoms with E-state index in [9.17, 15) is 0 Å². The summed E-state index contributed by atoms with van der Waals surface area (Å²) < 4.78 is 11.9. The maximum Gasteiger partial charge on any atom is 0.143 e. The van der Waals surface area contributed by atoms with Crippen LogP contribution in [-0.2, 0) is 4.74 Å². The molecular formula is C14H20BrNO2. The fourth-order valence-corrected chi connectivity index (χ4v) is 2.90. The van der Waals surface area contributed by atoms with Crippen LogP contribution in [0.15, 0.2) is 16.6 Å². The lowest BCUT2D eigenvalue weighted by molar-refractivity contribution is 0.183. The van der Waals surface area contributed by atoms with Crippen LogP contribution < -0.4 is 10.1 Å². The second-order valence-electron chi connectivity index (χ2n) is 4.86. The molecule has 0 spiro atoms. The van der Waals surface area contributed by atoms with Crippen LogP contribution in [0.4, 0.5) is 5.69 Å². The number of ether oxygens (including phenoxy) is 2. The van der Waals surface area contributed by atoms with E-state index in [1.54, 1.807) is 7.11 Å². The number of nitrogens with one attached hydrogen (secondary N) is 1. The van der Waals surface area contributed by atoms with Crippen LogP contribution in [0.1, 0.15) is 18.9 Å². The zero-order chi connectivity index (χ0) is 13.1. The Hall–Kier alpha value is -0.740. The van der Waals surface area contributed by atoms with Crippen molar-refractivity contribution >= 4 is 21.6 Å². The Bertz CT molecular complexity index is 417. The summed E-state index contributed by atoms with van der Waals surface area (Å²) in [6.45, 7) is 6.03. The summed E-state index contributed by atoms with van der Waals surface area (Å²) in [5.41, 5.74) is 2.27. The summed E-state index contributed by atoms with van der Waals surface area (Å²) in [7, 11) is 1.70.